The van der Waals surface area contributed by atoms with Crippen LogP contribution in [-0.2, 0) is 9.84 Å². The van der Waals surface area contributed by atoms with Crippen LogP contribution in [0.15, 0.2) is 28.6 Å². The number of aromatic hydroxyl groups is 1. The van der Waals surface area contributed by atoms with Crippen molar-refractivity contribution in [3.05, 3.63) is 34.2 Å². The molecule has 0 aliphatic carbocycles. The molecule has 118 valence electrons. The molecule has 1 aromatic heterocycles. The Bertz CT molecular complexity index is 815. The summed E-state index contributed by atoms with van der Waals surface area (Å²) in [5, 5.41) is 12.8. The molecule has 0 fully saturated rings. The van der Waals surface area contributed by atoms with E-state index in [1.807, 2.05) is 0 Å². The number of rotatable bonds is 4. The molecule has 0 atom stereocenters. The van der Waals surface area contributed by atoms with Crippen LogP contribution in [0.5, 0.6) is 5.75 Å². The quantitative estimate of drug-likeness (QED) is 0.873. The number of phenols is 1. The minimum atomic E-state index is -3.47. The highest BCUT2D eigenvalue weighted by Gasteiger charge is 2.23. The number of aromatic nitrogens is 1. The number of halogens is 1. The zero-order valence-corrected chi connectivity index (χ0v) is 14.1. The molecule has 0 saturated heterocycles. The predicted molar refractivity (Wildman–Crippen MR) is 85.5 cm³/mol. The summed E-state index contributed by atoms with van der Waals surface area (Å²) in [6.45, 7) is 3.12. The maximum Gasteiger partial charge on any atom is 0.257 e. The van der Waals surface area contributed by atoms with Gasteiger partial charge in [-0.25, -0.2) is 13.4 Å². The molecule has 0 unspecified atom stereocenters. The van der Waals surface area contributed by atoms with Gasteiger partial charge in [-0.2, -0.15) is 0 Å². The van der Waals surface area contributed by atoms with Crippen LogP contribution < -0.4 is 5.32 Å². The standard InChI is InChI=1S/C13H13ClN2O4S2/c1-7(2)22(19,20)11-6-21-13(15-11)16-12(18)8-3-4-10(17)9(14)5-8/h3-7,17H,1-2H3,(H,15,16,18). The second-order valence-corrected chi connectivity index (χ2v) is 8.42. The number of thiazole rings is 1. The minimum Gasteiger partial charge on any atom is -0.506 e. The van der Waals surface area contributed by atoms with Crippen molar-refractivity contribution in [2.45, 2.75) is 24.1 Å². The average molecular weight is 361 g/mol. The molecule has 0 spiro atoms. The Morgan fingerprint density at radius 1 is 1.41 bits per heavy atom. The number of anilines is 1. The van der Waals surface area contributed by atoms with Crippen LogP contribution in [0.2, 0.25) is 5.02 Å². The lowest BCUT2D eigenvalue weighted by Gasteiger charge is -2.04. The van der Waals surface area contributed by atoms with Gasteiger partial charge in [-0.05, 0) is 32.0 Å². The second kappa shape index (κ2) is 6.23. The molecule has 6 nitrogen and oxygen atoms in total. The molecule has 1 heterocycles. The first-order chi connectivity index (χ1) is 10.2. The third kappa shape index (κ3) is 3.40. The third-order valence-corrected chi connectivity index (χ3v) is 6.07. The van der Waals surface area contributed by atoms with Crippen molar-refractivity contribution in [2.24, 2.45) is 0 Å². The van der Waals surface area contributed by atoms with Crippen molar-refractivity contribution >= 4 is 43.8 Å². The number of benzene rings is 1. The Balaban J connectivity index is 2.20. The van der Waals surface area contributed by atoms with E-state index in [2.05, 4.69) is 10.3 Å². The Hall–Kier alpha value is -1.64. The van der Waals surface area contributed by atoms with Gasteiger partial charge in [0.05, 0.1) is 10.3 Å². The Morgan fingerprint density at radius 3 is 2.68 bits per heavy atom. The first kappa shape index (κ1) is 16.7. The number of phenolic OH excluding ortho intramolecular Hbond substituents is 1. The molecule has 9 heteroatoms. The number of sulfone groups is 1. The topological polar surface area (TPSA) is 96.4 Å². The fraction of sp³-hybridized carbons (Fsp3) is 0.231. The summed E-state index contributed by atoms with van der Waals surface area (Å²) in [6.07, 6.45) is 0. The van der Waals surface area contributed by atoms with Crippen LogP contribution >= 0.6 is 22.9 Å². The van der Waals surface area contributed by atoms with Gasteiger partial charge in [-0.3, -0.25) is 10.1 Å². The average Bonchev–Trinajstić information content (AvgIpc) is 2.90. The van der Waals surface area contributed by atoms with Crippen molar-refractivity contribution in [3.63, 3.8) is 0 Å². The number of carbonyl (C=O) groups excluding carboxylic acids is 1. The smallest absolute Gasteiger partial charge is 0.257 e. The molecule has 22 heavy (non-hydrogen) atoms. The number of nitrogens with one attached hydrogen (secondary N) is 1. The minimum absolute atomic E-state index is 0.0508. The van der Waals surface area contributed by atoms with E-state index in [1.165, 1.54) is 23.6 Å². The van der Waals surface area contributed by atoms with Gasteiger partial charge in [0.1, 0.15) is 5.75 Å². The van der Waals surface area contributed by atoms with E-state index in [9.17, 15) is 18.3 Å². The molecule has 0 radical (unpaired) electrons. The van der Waals surface area contributed by atoms with Crippen molar-refractivity contribution in [1.29, 1.82) is 0 Å². The molecule has 2 rings (SSSR count). The van der Waals surface area contributed by atoms with E-state index in [0.717, 1.165) is 11.3 Å². The van der Waals surface area contributed by atoms with E-state index < -0.39 is 21.0 Å². The van der Waals surface area contributed by atoms with Crippen LogP contribution in [0.25, 0.3) is 0 Å². The first-order valence-electron chi connectivity index (χ1n) is 6.21. The van der Waals surface area contributed by atoms with Gasteiger partial charge >= 0.3 is 0 Å². The van der Waals surface area contributed by atoms with Crippen LogP contribution in [-0.4, -0.2) is 29.7 Å². The maximum atomic E-state index is 12.0. The molecule has 1 aromatic carbocycles. The summed E-state index contributed by atoms with van der Waals surface area (Å²) >= 11 is 6.76. The van der Waals surface area contributed by atoms with Gasteiger partial charge in [0.25, 0.3) is 5.91 Å². The molecule has 0 saturated carbocycles. The van der Waals surface area contributed by atoms with Crippen LogP contribution in [0.4, 0.5) is 5.13 Å². The highest BCUT2D eigenvalue weighted by atomic mass is 35.5. The molecule has 0 bridgehead atoms. The van der Waals surface area contributed by atoms with Gasteiger partial charge in [0.2, 0.25) is 0 Å². The van der Waals surface area contributed by atoms with Crippen molar-refractivity contribution < 1.29 is 18.3 Å². The van der Waals surface area contributed by atoms with E-state index in [1.54, 1.807) is 13.8 Å². The highest BCUT2D eigenvalue weighted by molar-refractivity contribution is 7.92. The molecular weight excluding hydrogens is 348 g/mol. The number of amides is 1. The van der Waals surface area contributed by atoms with E-state index in [4.69, 9.17) is 11.6 Å². The van der Waals surface area contributed by atoms with E-state index in [0.29, 0.717) is 0 Å². The molecular formula is C13H13ClN2O4S2. The lowest BCUT2D eigenvalue weighted by atomic mass is 10.2. The maximum absolute atomic E-state index is 12.0. The van der Waals surface area contributed by atoms with Crippen LogP contribution in [0.3, 0.4) is 0 Å². The van der Waals surface area contributed by atoms with E-state index >= 15 is 0 Å². The van der Waals surface area contributed by atoms with Crippen molar-refractivity contribution in [3.8, 4) is 5.75 Å². The number of hydrogen-bond acceptors (Lipinski definition) is 6. The summed E-state index contributed by atoms with van der Waals surface area (Å²) in [4.78, 5) is 16.0. The lowest BCUT2D eigenvalue weighted by molar-refractivity contribution is 0.102. The summed E-state index contributed by atoms with van der Waals surface area (Å²) in [7, 11) is -3.47. The number of carbonyl (C=O) groups is 1. The van der Waals surface area contributed by atoms with Gasteiger partial charge in [-0.15, -0.1) is 11.3 Å². The molecule has 2 N–H and O–H groups in total. The van der Waals surface area contributed by atoms with Crippen LogP contribution in [0, 0.1) is 0 Å². The second-order valence-electron chi connectivity index (χ2n) is 4.70. The van der Waals surface area contributed by atoms with Gasteiger partial charge in [0.15, 0.2) is 20.0 Å². The lowest BCUT2D eigenvalue weighted by Crippen LogP contribution is -2.15. The Kier molecular flexibility index (Phi) is 4.74. The molecule has 0 aliphatic heterocycles. The van der Waals surface area contributed by atoms with Crippen LogP contribution in [0.1, 0.15) is 24.2 Å². The largest absolute Gasteiger partial charge is 0.506 e. The van der Waals surface area contributed by atoms with Crippen molar-refractivity contribution in [2.75, 3.05) is 5.32 Å². The summed E-state index contributed by atoms with van der Waals surface area (Å²) in [5.41, 5.74) is 0.228. The van der Waals surface area contributed by atoms with E-state index in [-0.39, 0.29) is 26.5 Å². The zero-order valence-electron chi connectivity index (χ0n) is 11.7. The Labute approximate surface area is 136 Å². The normalized spacial score (nSPS) is 11.6. The molecule has 0 aliphatic rings. The summed E-state index contributed by atoms with van der Waals surface area (Å²) in [5.74, 6) is -0.623. The third-order valence-electron chi connectivity index (χ3n) is 2.83. The fourth-order valence-corrected chi connectivity index (χ4v) is 3.69. The molecule has 1 amide bonds. The monoisotopic (exact) mass is 360 g/mol. The SMILES string of the molecule is CC(C)S(=O)(=O)c1csc(NC(=O)c2ccc(O)c(Cl)c2)n1. The first-order valence-corrected chi connectivity index (χ1v) is 9.01. The molecule has 2 aromatic rings. The van der Waals surface area contributed by atoms with Gasteiger partial charge < -0.3 is 5.11 Å². The number of hydrogen-bond donors (Lipinski definition) is 2. The summed E-state index contributed by atoms with van der Waals surface area (Å²) in [6, 6.07) is 4.01. The van der Waals surface area contributed by atoms with Crippen molar-refractivity contribution in [1.82, 2.24) is 4.98 Å². The summed E-state index contributed by atoms with van der Waals surface area (Å²) < 4.78 is 23.9. The van der Waals surface area contributed by atoms with Gasteiger partial charge in [-0.1, -0.05) is 11.6 Å². The van der Waals surface area contributed by atoms with Gasteiger partial charge in [0, 0.05) is 10.9 Å². The zero-order chi connectivity index (χ0) is 16.5. The fourth-order valence-electron chi connectivity index (χ4n) is 1.51. The Morgan fingerprint density at radius 2 is 2.09 bits per heavy atom. The number of nitrogens with zero attached hydrogens (tertiary/aromatic N) is 1. The highest BCUT2D eigenvalue weighted by Crippen LogP contribution is 2.25. The predicted octanol–water partition coefficient (Wildman–Crippen LogP) is 2.94.